The minimum absolute atomic E-state index is 0.0229. The second-order valence-corrected chi connectivity index (χ2v) is 13.0. The zero-order valence-corrected chi connectivity index (χ0v) is 30.0. The molecule has 2 amide bonds. The Balaban J connectivity index is 1.55. The van der Waals surface area contributed by atoms with Crippen LogP contribution in [0.3, 0.4) is 0 Å². The van der Waals surface area contributed by atoms with Crippen molar-refractivity contribution >= 4 is 63.4 Å². The van der Waals surface area contributed by atoms with E-state index in [0.29, 0.717) is 59.8 Å². The van der Waals surface area contributed by atoms with E-state index in [2.05, 4.69) is 27.5 Å². The summed E-state index contributed by atoms with van der Waals surface area (Å²) in [6.07, 6.45) is 7.48. The zero-order valence-electron chi connectivity index (χ0n) is 28.5. The van der Waals surface area contributed by atoms with Gasteiger partial charge in [-0.1, -0.05) is 48.0 Å². The van der Waals surface area contributed by atoms with Crippen molar-refractivity contribution in [3.05, 3.63) is 87.3 Å². The predicted molar refractivity (Wildman–Crippen MR) is 198 cm³/mol. The van der Waals surface area contributed by atoms with Crippen molar-refractivity contribution < 1.29 is 19.1 Å². The van der Waals surface area contributed by atoms with Crippen LogP contribution in [0.15, 0.2) is 66.1 Å². The first-order chi connectivity index (χ1) is 23.9. The van der Waals surface area contributed by atoms with Crippen molar-refractivity contribution in [3.63, 3.8) is 0 Å². The number of ether oxygens (including phenoxy) is 2. The van der Waals surface area contributed by atoms with E-state index in [9.17, 15) is 14.4 Å². The maximum absolute atomic E-state index is 14.5. The van der Waals surface area contributed by atoms with E-state index in [1.807, 2.05) is 44.1 Å². The summed E-state index contributed by atoms with van der Waals surface area (Å²) in [7, 11) is 6.79. The number of benzene rings is 2. The quantitative estimate of drug-likeness (QED) is 0.143. The molecule has 1 fully saturated rings. The number of anilines is 3. The lowest BCUT2D eigenvalue weighted by Gasteiger charge is -2.36. The van der Waals surface area contributed by atoms with E-state index in [4.69, 9.17) is 37.7 Å². The predicted octanol–water partition coefficient (Wildman–Crippen LogP) is 5.97. The molecule has 50 heavy (non-hydrogen) atoms. The number of methoxy groups -OCH3 is 2. The highest BCUT2D eigenvalue weighted by Gasteiger charge is 2.32. The Morgan fingerprint density at radius 3 is 2.44 bits per heavy atom. The second-order valence-electron chi connectivity index (χ2n) is 12.3. The molecule has 4 aromatic rings. The van der Waals surface area contributed by atoms with Gasteiger partial charge in [0.15, 0.2) is 0 Å². The lowest BCUT2D eigenvalue weighted by atomic mass is 9.80. The third-order valence-corrected chi connectivity index (χ3v) is 9.14. The third kappa shape index (κ3) is 7.93. The number of nitrogens with one attached hydrogen (secondary N) is 3. The fourth-order valence-corrected chi connectivity index (χ4v) is 6.51. The van der Waals surface area contributed by atoms with Crippen molar-refractivity contribution in [2.75, 3.05) is 45.5 Å². The number of likely N-dealkylation sites (N-methyl/N-ethyl adjacent to an activating group) is 1. The van der Waals surface area contributed by atoms with Crippen molar-refractivity contribution in [2.24, 2.45) is 5.92 Å². The van der Waals surface area contributed by atoms with Gasteiger partial charge in [0.05, 0.1) is 41.2 Å². The molecule has 1 saturated carbocycles. The highest BCUT2D eigenvalue weighted by atomic mass is 35.5. The van der Waals surface area contributed by atoms with Crippen LogP contribution >= 0.6 is 23.2 Å². The van der Waals surface area contributed by atoms with Crippen LogP contribution in [0.1, 0.15) is 18.4 Å². The molecule has 0 spiro atoms. The average molecular weight is 721 g/mol. The fourth-order valence-electron chi connectivity index (χ4n) is 5.80. The maximum atomic E-state index is 14.5. The van der Waals surface area contributed by atoms with Crippen LogP contribution in [0.4, 0.5) is 17.3 Å². The van der Waals surface area contributed by atoms with Gasteiger partial charge in [-0.25, -0.2) is 4.98 Å². The van der Waals surface area contributed by atoms with Crippen LogP contribution in [-0.2, 0) is 16.1 Å². The summed E-state index contributed by atoms with van der Waals surface area (Å²) < 4.78 is 12.5. The van der Waals surface area contributed by atoms with Gasteiger partial charge >= 0.3 is 0 Å². The zero-order chi connectivity index (χ0) is 36.1. The Bertz CT molecular complexity index is 2010. The second kappa shape index (κ2) is 15.8. The number of carbonyl (C=O) groups is 2. The number of rotatable bonds is 13. The number of aromatic nitrogens is 3. The number of carbonyl (C=O) groups excluding carboxylic acids is 2. The molecule has 2 aromatic carbocycles. The molecular weight excluding hydrogens is 681 g/mol. The molecule has 0 bridgehead atoms. The summed E-state index contributed by atoms with van der Waals surface area (Å²) in [5.74, 6) is 0.338. The Morgan fingerprint density at radius 1 is 1.10 bits per heavy atom. The van der Waals surface area contributed by atoms with Gasteiger partial charge in [-0.05, 0) is 63.6 Å². The SMILES string of the molecule is C=CC(=O)Nc1cccc(C)c1Nc1ncc2cc(-c3c(Cl)c(OC)cc(OC)c3Cl)c(=O)n(CC3CC(NC(=O)/C=C/CN(C)C)C3)c2n1. The lowest BCUT2D eigenvalue weighted by molar-refractivity contribution is -0.118. The van der Waals surface area contributed by atoms with Crippen LogP contribution in [0, 0.1) is 12.8 Å². The molecule has 0 unspecified atom stereocenters. The van der Waals surface area contributed by atoms with Crippen molar-refractivity contribution in [1.82, 2.24) is 24.8 Å². The van der Waals surface area contributed by atoms with Gasteiger partial charge in [-0.3, -0.25) is 19.0 Å². The number of hydrogen-bond donors (Lipinski definition) is 3. The molecule has 2 aromatic heterocycles. The minimum Gasteiger partial charge on any atom is -0.495 e. The highest BCUT2D eigenvalue weighted by Crippen LogP contribution is 2.45. The van der Waals surface area contributed by atoms with Crippen molar-refractivity contribution in [2.45, 2.75) is 32.4 Å². The van der Waals surface area contributed by atoms with Gasteiger partial charge < -0.3 is 30.3 Å². The number of aryl methyl sites for hydroxylation is 1. The van der Waals surface area contributed by atoms with Gasteiger partial charge in [0, 0.05) is 48.4 Å². The molecule has 2 heterocycles. The molecule has 0 atom stereocenters. The molecule has 1 aliphatic rings. The Kier molecular flexibility index (Phi) is 11.5. The normalized spacial score (nSPS) is 15.5. The average Bonchev–Trinajstić information content (AvgIpc) is 3.06. The van der Waals surface area contributed by atoms with E-state index in [1.54, 1.807) is 35.0 Å². The number of hydrogen-bond acceptors (Lipinski definition) is 9. The number of amides is 2. The third-order valence-electron chi connectivity index (χ3n) is 8.39. The van der Waals surface area contributed by atoms with E-state index in [-0.39, 0.29) is 56.5 Å². The first kappa shape index (κ1) is 36.4. The maximum Gasteiger partial charge on any atom is 0.260 e. The molecule has 12 nitrogen and oxygen atoms in total. The smallest absolute Gasteiger partial charge is 0.260 e. The lowest BCUT2D eigenvalue weighted by Crippen LogP contribution is -2.45. The molecular formula is C36H39Cl2N7O5. The highest BCUT2D eigenvalue weighted by molar-refractivity contribution is 6.41. The molecule has 0 aliphatic heterocycles. The topological polar surface area (TPSA) is 140 Å². The number of para-hydroxylation sites is 1. The molecule has 0 radical (unpaired) electrons. The summed E-state index contributed by atoms with van der Waals surface area (Å²) in [5.41, 5.74) is 2.42. The van der Waals surface area contributed by atoms with Gasteiger partial charge in [0.1, 0.15) is 17.1 Å². The molecule has 3 N–H and O–H groups in total. The summed E-state index contributed by atoms with van der Waals surface area (Å²) in [4.78, 5) is 50.4. The monoisotopic (exact) mass is 719 g/mol. The van der Waals surface area contributed by atoms with Crippen LogP contribution in [-0.4, -0.2) is 72.2 Å². The van der Waals surface area contributed by atoms with Crippen LogP contribution in [0.5, 0.6) is 11.5 Å². The molecule has 262 valence electrons. The summed E-state index contributed by atoms with van der Waals surface area (Å²) in [5, 5.41) is 9.91. The van der Waals surface area contributed by atoms with Gasteiger partial charge in [-0.15, -0.1) is 0 Å². The summed E-state index contributed by atoms with van der Waals surface area (Å²) >= 11 is 13.5. The molecule has 1 aliphatic carbocycles. The fraction of sp³-hybridized carbons (Fsp3) is 0.306. The summed E-state index contributed by atoms with van der Waals surface area (Å²) in [6, 6.07) is 8.64. The standard InChI is InChI=1S/C36H39Cl2N7O5/c1-7-28(46)41-25-11-8-10-20(2)33(25)42-36-39-18-22-16-24(30-31(37)26(49-5)17-27(50-6)32(30)38)35(48)45(34(22)43-36)19-21-14-23(15-21)40-29(47)12-9-13-44(3)4/h7-12,16-18,21,23H,1,13-15,19H2,2-6H3,(H,40,47)(H,41,46)(H,39,42,43)/b12-9+. The Labute approximate surface area is 300 Å². The first-order valence-corrected chi connectivity index (χ1v) is 16.6. The van der Waals surface area contributed by atoms with E-state index < -0.39 is 0 Å². The van der Waals surface area contributed by atoms with Gasteiger partial charge in [-0.2, -0.15) is 4.98 Å². The van der Waals surface area contributed by atoms with Crippen LogP contribution < -0.4 is 31.0 Å². The van der Waals surface area contributed by atoms with Crippen molar-refractivity contribution in [1.29, 1.82) is 0 Å². The largest absolute Gasteiger partial charge is 0.495 e. The molecule has 5 rings (SSSR count). The first-order valence-electron chi connectivity index (χ1n) is 15.9. The summed E-state index contributed by atoms with van der Waals surface area (Å²) in [6.45, 7) is 6.38. The van der Waals surface area contributed by atoms with Crippen molar-refractivity contribution in [3.8, 4) is 22.6 Å². The number of halogens is 2. The van der Waals surface area contributed by atoms with E-state index in [1.165, 1.54) is 20.3 Å². The Hall–Kier alpha value is -4.91. The van der Waals surface area contributed by atoms with Crippen LogP contribution in [0.2, 0.25) is 10.0 Å². The van der Waals surface area contributed by atoms with Gasteiger partial charge in [0.2, 0.25) is 17.8 Å². The number of nitrogens with zero attached hydrogens (tertiary/aromatic N) is 4. The number of fused-ring (bicyclic) bond motifs is 1. The van der Waals surface area contributed by atoms with E-state index >= 15 is 0 Å². The van der Waals surface area contributed by atoms with E-state index in [0.717, 1.165) is 5.56 Å². The molecule has 0 saturated heterocycles. The Morgan fingerprint density at radius 2 is 1.80 bits per heavy atom. The minimum atomic E-state index is -0.379. The van der Waals surface area contributed by atoms with Gasteiger partial charge in [0.25, 0.3) is 5.56 Å². The molecule has 14 heteroatoms. The number of pyridine rings is 1. The van der Waals surface area contributed by atoms with Crippen LogP contribution in [0.25, 0.3) is 22.2 Å².